The molecule has 0 fully saturated rings. The van der Waals surface area contributed by atoms with E-state index in [1.165, 1.54) is 12.3 Å². The molecule has 0 amide bonds. The summed E-state index contributed by atoms with van der Waals surface area (Å²) in [5, 5.41) is 13.5. The largest absolute Gasteiger partial charge is 0.618 e. The van der Waals surface area contributed by atoms with Crippen LogP contribution in [-0.2, 0) is 0 Å². The summed E-state index contributed by atoms with van der Waals surface area (Å²) < 4.78 is 0.634. The Bertz CT molecular complexity index is 635. The molecular weight excluding hydrogens is 328 g/mol. The van der Waals surface area contributed by atoms with Crippen molar-refractivity contribution in [2.45, 2.75) is 0 Å². The lowest BCUT2D eigenvalue weighted by Crippen LogP contribution is -2.00. The van der Waals surface area contributed by atoms with Gasteiger partial charge in [0.15, 0.2) is 6.21 Å². The number of nitrogens with zero attached hydrogens (tertiary/aromatic N) is 1. The number of hydrogen-bond acceptors (Lipinski definition) is 1. The molecule has 2 aromatic carbocycles. The summed E-state index contributed by atoms with van der Waals surface area (Å²) >= 11 is 23.6. The SMILES string of the molecule is [O-][N+](=Cc1c(Cl)cccc1Cl)c1ccc(Cl)c(Cl)c1. The Morgan fingerprint density at radius 2 is 1.47 bits per heavy atom. The molecule has 0 aliphatic carbocycles. The predicted molar refractivity (Wildman–Crippen MR) is 81.4 cm³/mol. The van der Waals surface area contributed by atoms with Crippen molar-refractivity contribution < 1.29 is 4.74 Å². The molecule has 2 nitrogen and oxygen atoms in total. The molecule has 0 N–H and O–H groups in total. The molecule has 0 aliphatic rings. The van der Waals surface area contributed by atoms with E-state index in [2.05, 4.69) is 0 Å². The lowest BCUT2D eigenvalue weighted by molar-refractivity contribution is -0.354. The molecular formula is C13H7Cl4NO. The maximum Gasteiger partial charge on any atom is 0.218 e. The minimum Gasteiger partial charge on any atom is -0.618 e. The summed E-state index contributed by atoms with van der Waals surface area (Å²) in [7, 11) is 0. The Balaban J connectivity index is 2.45. The summed E-state index contributed by atoms with van der Waals surface area (Å²) in [6.45, 7) is 0. The van der Waals surface area contributed by atoms with Crippen LogP contribution in [0.1, 0.15) is 5.56 Å². The van der Waals surface area contributed by atoms with Gasteiger partial charge in [-0.1, -0.05) is 52.5 Å². The van der Waals surface area contributed by atoms with Crippen LogP contribution in [0.4, 0.5) is 5.69 Å². The highest BCUT2D eigenvalue weighted by Gasteiger charge is 2.10. The van der Waals surface area contributed by atoms with Gasteiger partial charge >= 0.3 is 0 Å². The Morgan fingerprint density at radius 1 is 0.842 bits per heavy atom. The van der Waals surface area contributed by atoms with Gasteiger partial charge in [-0.2, -0.15) is 4.74 Å². The van der Waals surface area contributed by atoms with E-state index in [-0.39, 0.29) is 0 Å². The fourth-order valence-electron chi connectivity index (χ4n) is 1.45. The highest BCUT2D eigenvalue weighted by atomic mass is 35.5. The van der Waals surface area contributed by atoms with Gasteiger partial charge in [0.05, 0.1) is 25.7 Å². The molecule has 0 radical (unpaired) electrons. The molecule has 0 bridgehead atoms. The average molecular weight is 335 g/mol. The van der Waals surface area contributed by atoms with E-state index < -0.39 is 0 Å². The van der Waals surface area contributed by atoms with E-state index in [1.807, 2.05) is 0 Å². The fraction of sp³-hybridized carbons (Fsp3) is 0. The Morgan fingerprint density at radius 3 is 2.05 bits per heavy atom. The summed E-state index contributed by atoms with van der Waals surface area (Å²) in [5.74, 6) is 0. The summed E-state index contributed by atoms with van der Waals surface area (Å²) in [5.41, 5.74) is 0.789. The van der Waals surface area contributed by atoms with Gasteiger partial charge in [0.1, 0.15) is 0 Å². The highest BCUT2D eigenvalue weighted by molar-refractivity contribution is 6.42. The summed E-state index contributed by atoms with van der Waals surface area (Å²) in [6, 6.07) is 9.59. The van der Waals surface area contributed by atoms with Crippen LogP contribution in [0.5, 0.6) is 0 Å². The van der Waals surface area contributed by atoms with Crippen LogP contribution in [-0.4, -0.2) is 11.0 Å². The first kappa shape index (κ1) is 14.5. The fourth-order valence-corrected chi connectivity index (χ4v) is 2.24. The Kier molecular flexibility index (Phi) is 4.58. The Hall–Kier alpha value is -0.930. The van der Waals surface area contributed by atoms with Crippen molar-refractivity contribution >= 4 is 58.3 Å². The van der Waals surface area contributed by atoms with Crippen molar-refractivity contribution in [1.29, 1.82) is 0 Å². The molecule has 0 spiro atoms. The second-order valence-corrected chi connectivity index (χ2v) is 5.32. The third-order valence-corrected chi connectivity index (χ3v) is 3.80. The molecule has 19 heavy (non-hydrogen) atoms. The van der Waals surface area contributed by atoms with Crippen LogP contribution in [0.3, 0.4) is 0 Å². The molecule has 0 saturated heterocycles. The van der Waals surface area contributed by atoms with E-state index in [1.54, 1.807) is 30.3 Å². The van der Waals surface area contributed by atoms with Crippen molar-refractivity contribution in [2.75, 3.05) is 0 Å². The third-order valence-electron chi connectivity index (χ3n) is 2.40. The molecule has 0 unspecified atom stereocenters. The monoisotopic (exact) mass is 333 g/mol. The Labute approximate surface area is 130 Å². The van der Waals surface area contributed by atoms with Crippen LogP contribution < -0.4 is 0 Å². The topological polar surface area (TPSA) is 26.1 Å². The normalized spacial score (nSPS) is 11.7. The maximum atomic E-state index is 12.0. The first-order chi connectivity index (χ1) is 8.99. The average Bonchev–Trinajstić information content (AvgIpc) is 2.37. The van der Waals surface area contributed by atoms with Gasteiger partial charge in [-0.25, -0.2) is 0 Å². The molecule has 2 rings (SSSR count). The molecule has 0 atom stereocenters. The summed E-state index contributed by atoms with van der Waals surface area (Å²) in [4.78, 5) is 0. The molecule has 0 aliphatic heterocycles. The maximum absolute atomic E-state index is 12.0. The van der Waals surface area contributed by atoms with Gasteiger partial charge in [-0.3, -0.25) is 0 Å². The lowest BCUT2D eigenvalue weighted by Gasteiger charge is -2.05. The van der Waals surface area contributed by atoms with Gasteiger partial charge in [0, 0.05) is 12.1 Å². The molecule has 0 heterocycles. The minimum absolute atomic E-state index is 0.304. The quantitative estimate of drug-likeness (QED) is 0.305. The van der Waals surface area contributed by atoms with E-state index in [0.717, 1.165) is 0 Å². The third kappa shape index (κ3) is 3.34. The number of benzene rings is 2. The zero-order valence-electron chi connectivity index (χ0n) is 9.41. The van der Waals surface area contributed by atoms with Crippen LogP contribution >= 0.6 is 46.4 Å². The van der Waals surface area contributed by atoms with Gasteiger partial charge in [-0.15, -0.1) is 0 Å². The first-order valence-corrected chi connectivity index (χ1v) is 6.70. The second-order valence-electron chi connectivity index (χ2n) is 3.69. The van der Waals surface area contributed by atoms with Crippen LogP contribution in [0.15, 0.2) is 36.4 Å². The zero-order valence-corrected chi connectivity index (χ0v) is 12.4. The van der Waals surface area contributed by atoms with Gasteiger partial charge in [-0.05, 0) is 18.2 Å². The van der Waals surface area contributed by atoms with E-state index in [4.69, 9.17) is 46.4 Å². The van der Waals surface area contributed by atoms with Crippen molar-refractivity contribution in [3.63, 3.8) is 0 Å². The second kappa shape index (κ2) is 6.02. The van der Waals surface area contributed by atoms with E-state index >= 15 is 0 Å². The first-order valence-electron chi connectivity index (χ1n) is 5.19. The van der Waals surface area contributed by atoms with Crippen LogP contribution in [0.2, 0.25) is 20.1 Å². The summed E-state index contributed by atoms with van der Waals surface area (Å²) in [6.07, 6.45) is 1.30. The lowest BCUT2D eigenvalue weighted by atomic mass is 10.2. The zero-order chi connectivity index (χ0) is 14.0. The number of halogens is 4. The molecule has 0 saturated carbocycles. The highest BCUT2D eigenvalue weighted by Crippen LogP contribution is 2.27. The van der Waals surface area contributed by atoms with Crippen molar-refractivity contribution in [1.82, 2.24) is 0 Å². The predicted octanol–water partition coefficient (Wildman–Crippen LogP) is 5.56. The van der Waals surface area contributed by atoms with E-state index in [9.17, 15) is 5.21 Å². The van der Waals surface area contributed by atoms with E-state index in [0.29, 0.717) is 36.1 Å². The molecule has 6 heteroatoms. The van der Waals surface area contributed by atoms with Gasteiger partial charge in [0.25, 0.3) is 0 Å². The van der Waals surface area contributed by atoms with Crippen molar-refractivity contribution in [3.8, 4) is 0 Å². The van der Waals surface area contributed by atoms with Gasteiger partial charge < -0.3 is 5.21 Å². The molecule has 98 valence electrons. The molecule has 2 aromatic rings. The van der Waals surface area contributed by atoms with Crippen LogP contribution in [0.25, 0.3) is 0 Å². The standard InChI is InChI=1S/C13H7Cl4NO/c14-10-2-1-3-11(15)9(10)7-18(19)8-4-5-12(16)13(17)6-8/h1-7H. The number of rotatable bonds is 2. The van der Waals surface area contributed by atoms with Crippen molar-refractivity contribution in [3.05, 3.63) is 67.3 Å². The minimum atomic E-state index is 0.304. The van der Waals surface area contributed by atoms with Crippen molar-refractivity contribution in [2.24, 2.45) is 0 Å². The number of hydrogen-bond donors (Lipinski definition) is 0. The van der Waals surface area contributed by atoms with Gasteiger partial charge in [0.2, 0.25) is 5.69 Å². The smallest absolute Gasteiger partial charge is 0.218 e. The molecule has 0 aromatic heterocycles. The van der Waals surface area contributed by atoms with Crippen LogP contribution in [0, 0.1) is 5.21 Å².